The van der Waals surface area contributed by atoms with Crippen molar-refractivity contribution in [1.82, 2.24) is 15.0 Å². The molecule has 0 saturated heterocycles. The second-order valence-corrected chi connectivity index (χ2v) is 4.63. The molecule has 0 unspecified atom stereocenters. The zero-order valence-corrected chi connectivity index (χ0v) is 11.6. The summed E-state index contributed by atoms with van der Waals surface area (Å²) in [6.45, 7) is 1.68. The summed E-state index contributed by atoms with van der Waals surface area (Å²) >= 11 is 11.6. The first-order valence-electron chi connectivity index (χ1n) is 5.34. The van der Waals surface area contributed by atoms with Gasteiger partial charge in [0.15, 0.2) is 5.15 Å². The maximum Gasteiger partial charge on any atom is 0.326 e. The molecule has 0 aliphatic heterocycles. The molecule has 9 heteroatoms. The molecule has 1 amide bonds. The van der Waals surface area contributed by atoms with Crippen LogP contribution in [0.4, 0.5) is 5.69 Å². The van der Waals surface area contributed by atoms with Gasteiger partial charge in [0.1, 0.15) is 10.8 Å². The minimum absolute atomic E-state index is 0.00976. The minimum Gasteiger partial charge on any atom is -0.318 e. The molecule has 0 bridgehead atoms. The average Bonchev–Trinajstić information content (AvgIpc) is 2.32. The van der Waals surface area contributed by atoms with Gasteiger partial charge in [0, 0.05) is 6.07 Å². The predicted molar refractivity (Wildman–Crippen MR) is 74.6 cm³/mol. The number of hydrogen-bond acceptors (Lipinski definition) is 4. The molecule has 0 aliphatic rings. The highest BCUT2D eigenvalue weighted by Gasteiger charge is 2.14. The Hall–Kier alpha value is -2.12. The molecular weight excluding hydrogens is 307 g/mol. The Balaban J connectivity index is 2.37. The van der Waals surface area contributed by atoms with E-state index in [-0.39, 0.29) is 21.7 Å². The summed E-state index contributed by atoms with van der Waals surface area (Å²) < 4.78 is 0. The summed E-state index contributed by atoms with van der Waals surface area (Å²) in [5.74, 6) is -0.692. The first-order chi connectivity index (χ1) is 9.36. The summed E-state index contributed by atoms with van der Waals surface area (Å²) in [6, 6.07) is 2.48. The maximum atomic E-state index is 12.0. The zero-order chi connectivity index (χ0) is 14.9. The van der Waals surface area contributed by atoms with Gasteiger partial charge in [-0.05, 0) is 18.6 Å². The fraction of sp³-hybridized carbons (Fsp3) is 0.0909. The first-order valence-corrected chi connectivity index (χ1v) is 6.10. The van der Waals surface area contributed by atoms with Gasteiger partial charge in [0.05, 0.1) is 5.69 Å². The summed E-state index contributed by atoms with van der Waals surface area (Å²) in [7, 11) is 0. The van der Waals surface area contributed by atoms with Gasteiger partial charge in [-0.15, -0.1) is 0 Å². The molecular formula is C11H8Cl2N4O3. The van der Waals surface area contributed by atoms with Crippen LogP contribution in [0.5, 0.6) is 0 Å². The van der Waals surface area contributed by atoms with Crippen molar-refractivity contribution in [3.63, 3.8) is 0 Å². The number of H-pyrrole nitrogens is 2. The van der Waals surface area contributed by atoms with Crippen LogP contribution in [0.25, 0.3) is 0 Å². The van der Waals surface area contributed by atoms with Crippen LogP contribution >= 0.6 is 23.2 Å². The van der Waals surface area contributed by atoms with Gasteiger partial charge in [-0.25, -0.2) is 9.78 Å². The van der Waals surface area contributed by atoms with Crippen molar-refractivity contribution >= 4 is 34.8 Å². The number of amides is 1. The Labute approximate surface area is 122 Å². The van der Waals surface area contributed by atoms with Crippen molar-refractivity contribution in [2.75, 3.05) is 5.32 Å². The highest BCUT2D eigenvalue weighted by molar-refractivity contribution is 6.35. The lowest BCUT2D eigenvalue weighted by Gasteiger charge is -2.09. The van der Waals surface area contributed by atoms with Crippen molar-refractivity contribution in [2.45, 2.75) is 6.92 Å². The second-order valence-electron chi connectivity index (χ2n) is 3.88. The normalized spacial score (nSPS) is 10.3. The number of halogens is 2. The fourth-order valence-electron chi connectivity index (χ4n) is 1.52. The third-order valence-corrected chi connectivity index (χ3v) is 2.85. The van der Waals surface area contributed by atoms with Gasteiger partial charge in [0.2, 0.25) is 0 Å². The molecule has 2 heterocycles. The van der Waals surface area contributed by atoms with Gasteiger partial charge in [-0.3, -0.25) is 14.6 Å². The van der Waals surface area contributed by atoms with E-state index < -0.39 is 17.2 Å². The quantitative estimate of drug-likeness (QED) is 0.726. The third kappa shape index (κ3) is 3.06. The molecule has 7 nitrogen and oxygen atoms in total. The maximum absolute atomic E-state index is 12.0. The molecule has 2 aromatic heterocycles. The minimum atomic E-state index is -0.778. The van der Waals surface area contributed by atoms with Crippen LogP contribution in [-0.4, -0.2) is 20.9 Å². The van der Waals surface area contributed by atoms with Crippen molar-refractivity contribution < 1.29 is 4.79 Å². The van der Waals surface area contributed by atoms with Crippen LogP contribution in [0, 0.1) is 6.92 Å². The summed E-state index contributed by atoms with van der Waals surface area (Å²) in [6.07, 6.45) is 0. The lowest BCUT2D eigenvalue weighted by atomic mass is 10.2. The van der Waals surface area contributed by atoms with Crippen molar-refractivity contribution in [3.8, 4) is 0 Å². The summed E-state index contributed by atoms with van der Waals surface area (Å²) in [4.78, 5) is 42.1. The van der Waals surface area contributed by atoms with E-state index in [2.05, 4.69) is 15.3 Å². The molecule has 0 fully saturated rings. The molecule has 0 saturated carbocycles. The van der Waals surface area contributed by atoms with E-state index in [4.69, 9.17) is 23.2 Å². The Morgan fingerprint density at radius 3 is 2.55 bits per heavy atom. The average molecular weight is 315 g/mol. The second kappa shape index (κ2) is 5.48. The van der Waals surface area contributed by atoms with E-state index in [0.29, 0.717) is 5.56 Å². The molecule has 0 aromatic carbocycles. The van der Waals surface area contributed by atoms with Gasteiger partial charge in [-0.1, -0.05) is 23.2 Å². The smallest absolute Gasteiger partial charge is 0.318 e. The largest absolute Gasteiger partial charge is 0.326 e. The lowest BCUT2D eigenvalue weighted by Crippen LogP contribution is -2.27. The molecule has 104 valence electrons. The number of carbonyl (C=O) groups is 1. The fourth-order valence-corrected chi connectivity index (χ4v) is 2.10. The van der Waals surface area contributed by atoms with E-state index in [0.717, 1.165) is 6.07 Å². The third-order valence-electron chi connectivity index (χ3n) is 2.38. The molecule has 2 rings (SSSR count). The van der Waals surface area contributed by atoms with Gasteiger partial charge in [0.25, 0.3) is 11.5 Å². The Kier molecular flexibility index (Phi) is 3.91. The number of hydrogen-bond donors (Lipinski definition) is 3. The molecule has 0 aliphatic carbocycles. The molecule has 20 heavy (non-hydrogen) atoms. The monoisotopic (exact) mass is 314 g/mol. The van der Waals surface area contributed by atoms with E-state index in [1.807, 2.05) is 4.98 Å². The van der Waals surface area contributed by atoms with Gasteiger partial charge < -0.3 is 10.3 Å². The number of nitrogens with zero attached hydrogens (tertiary/aromatic N) is 1. The summed E-state index contributed by atoms with van der Waals surface area (Å²) in [5, 5.41) is 2.66. The van der Waals surface area contributed by atoms with Gasteiger partial charge >= 0.3 is 5.69 Å². The Morgan fingerprint density at radius 2 is 1.95 bits per heavy atom. The number of aromatic nitrogens is 3. The van der Waals surface area contributed by atoms with Crippen LogP contribution in [0.15, 0.2) is 21.7 Å². The van der Waals surface area contributed by atoms with E-state index in [1.165, 1.54) is 6.07 Å². The number of carbonyl (C=O) groups excluding carboxylic acids is 1. The molecule has 0 atom stereocenters. The number of nitrogens with one attached hydrogen (secondary N) is 3. The molecule has 2 aromatic rings. The van der Waals surface area contributed by atoms with E-state index in [9.17, 15) is 14.4 Å². The van der Waals surface area contributed by atoms with Crippen LogP contribution in [-0.2, 0) is 0 Å². The molecule has 0 radical (unpaired) electrons. The van der Waals surface area contributed by atoms with Crippen molar-refractivity contribution in [1.29, 1.82) is 0 Å². The Morgan fingerprint density at radius 1 is 1.25 bits per heavy atom. The van der Waals surface area contributed by atoms with Crippen molar-refractivity contribution in [2.24, 2.45) is 0 Å². The topological polar surface area (TPSA) is 108 Å². The highest BCUT2D eigenvalue weighted by Crippen LogP contribution is 2.26. The van der Waals surface area contributed by atoms with Crippen LogP contribution in [0.1, 0.15) is 16.1 Å². The number of pyridine rings is 1. The number of anilines is 1. The molecule has 3 N–H and O–H groups in total. The highest BCUT2D eigenvalue weighted by atomic mass is 35.5. The van der Waals surface area contributed by atoms with Gasteiger partial charge in [-0.2, -0.15) is 0 Å². The standard InChI is InChI=1S/C11H8Cl2N4O3/c1-4-2-6(12)15-9(13)8(4)17-10(19)5-3-7(18)16-11(20)14-5/h2-3H,1H3,(H,17,19)(H2,14,16,18,20). The predicted octanol–water partition coefficient (Wildman–Crippen LogP) is 1.33. The number of aryl methyl sites for hydroxylation is 1. The van der Waals surface area contributed by atoms with Crippen LogP contribution in [0.2, 0.25) is 10.3 Å². The summed E-state index contributed by atoms with van der Waals surface area (Å²) in [5.41, 5.74) is -0.808. The number of aromatic amines is 2. The molecule has 0 spiro atoms. The van der Waals surface area contributed by atoms with E-state index >= 15 is 0 Å². The lowest BCUT2D eigenvalue weighted by molar-refractivity contribution is 0.102. The first kappa shape index (κ1) is 14.3. The van der Waals surface area contributed by atoms with E-state index in [1.54, 1.807) is 6.92 Å². The van der Waals surface area contributed by atoms with Crippen molar-refractivity contribution in [3.05, 3.63) is 54.5 Å². The zero-order valence-electron chi connectivity index (χ0n) is 10.1. The number of rotatable bonds is 2. The SMILES string of the molecule is Cc1cc(Cl)nc(Cl)c1NC(=O)c1cc(=O)[nH]c(=O)[nH]1. The van der Waals surface area contributed by atoms with Crippen LogP contribution < -0.4 is 16.6 Å². The van der Waals surface area contributed by atoms with Crippen LogP contribution in [0.3, 0.4) is 0 Å². The Bertz CT molecular complexity index is 745.